The van der Waals surface area contributed by atoms with Crippen molar-refractivity contribution in [1.82, 2.24) is 5.32 Å². The highest BCUT2D eigenvalue weighted by molar-refractivity contribution is 5.39. The zero-order valence-electron chi connectivity index (χ0n) is 12.9. The van der Waals surface area contributed by atoms with Crippen molar-refractivity contribution in [2.24, 2.45) is 0 Å². The Bertz CT molecular complexity index is 603. The molecule has 2 heteroatoms. The number of ether oxygens (including phenoxy) is 1. The second-order valence-electron chi connectivity index (χ2n) is 5.88. The van der Waals surface area contributed by atoms with Gasteiger partial charge in [-0.15, -0.1) is 0 Å². The van der Waals surface area contributed by atoms with E-state index in [1.54, 1.807) is 0 Å². The third-order valence-electron chi connectivity index (χ3n) is 4.20. The van der Waals surface area contributed by atoms with Crippen molar-refractivity contribution in [3.63, 3.8) is 0 Å². The summed E-state index contributed by atoms with van der Waals surface area (Å²) in [6.45, 7) is 6.18. The van der Waals surface area contributed by atoms with E-state index in [0.29, 0.717) is 6.04 Å². The second kappa shape index (κ2) is 6.31. The number of benzene rings is 2. The smallest absolute Gasteiger partial charge is 0.122 e. The lowest BCUT2D eigenvalue weighted by Crippen LogP contribution is -2.21. The molecule has 0 saturated heterocycles. The van der Waals surface area contributed by atoms with Crippen molar-refractivity contribution in [3.8, 4) is 5.75 Å². The topological polar surface area (TPSA) is 21.3 Å². The first-order valence-corrected chi connectivity index (χ1v) is 7.77. The molecular weight excluding hydrogens is 258 g/mol. The van der Waals surface area contributed by atoms with Gasteiger partial charge in [0.25, 0.3) is 0 Å². The van der Waals surface area contributed by atoms with Crippen LogP contribution in [0.2, 0.25) is 0 Å². The van der Waals surface area contributed by atoms with Crippen molar-refractivity contribution in [2.75, 3.05) is 13.2 Å². The quantitative estimate of drug-likeness (QED) is 0.899. The molecule has 1 heterocycles. The van der Waals surface area contributed by atoms with Crippen molar-refractivity contribution in [3.05, 3.63) is 64.7 Å². The fraction of sp³-hybridized carbons (Fsp3) is 0.368. The summed E-state index contributed by atoms with van der Waals surface area (Å²) < 4.78 is 5.55. The Morgan fingerprint density at radius 2 is 1.95 bits per heavy atom. The van der Waals surface area contributed by atoms with Gasteiger partial charge in [0.05, 0.1) is 6.61 Å². The molecule has 3 rings (SSSR count). The lowest BCUT2D eigenvalue weighted by Gasteiger charge is -2.14. The third kappa shape index (κ3) is 3.45. The highest BCUT2D eigenvalue weighted by Gasteiger charge is 2.12. The molecule has 2 aromatic carbocycles. The SMILES string of the molecule is Cc1ccc(C(C)NCCc2ccc3c(c2)CCO3)cc1. The monoisotopic (exact) mass is 281 g/mol. The van der Waals surface area contributed by atoms with E-state index in [1.807, 2.05) is 0 Å². The van der Waals surface area contributed by atoms with Crippen molar-refractivity contribution >= 4 is 0 Å². The molecule has 0 saturated carbocycles. The Morgan fingerprint density at radius 1 is 1.14 bits per heavy atom. The van der Waals surface area contributed by atoms with Gasteiger partial charge in [-0.05, 0) is 49.6 Å². The summed E-state index contributed by atoms with van der Waals surface area (Å²) in [5.41, 5.74) is 5.41. The van der Waals surface area contributed by atoms with Crippen molar-refractivity contribution in [1.29, 1.82) is 0 Å². The summed E-state index contributed by atoms with van der Waals surface area (Å²) in [7, 11) is 0. The van der Waals surface area contributed by atoms with Crippen LogP contribution in [-0.4, -0.2) is 13.2 Å². The molecule has 0 aliphatic carbocycles. The van der Waals surface area contributed by atoms with Crippen LogP contribution < -0.4 is 10.1 Å². The maximum atomic E-state index is 5.55. The number of hydrogen-bond acceptors (Lipinski definition) is 2. The van der Waals surface area contributed by atoms with Gasteiger partial charge in [-0.1, -0.05) is 42.0 Å². The molecule has 1 aliphatic rings. The lowest BCUT2D eigenvalue weighted by molar-refractivity contribution is 0.357. The van der Waals surface area contributed by atoms with Crippen LogP contribution in [0, 0.1) is 6.92 Å². The first-order valence-electron chi connectivity index (χ1n) is 7.77. The summed E-state index contributed by atoms with van der Waals surface area (Å²) >= 11 is 0. The van der Waals surface area contributed by atoms with Crippen LogP contribution in [-0.2, 0) is 12.8 Å². The summed E-state index contributed by atoms with van der Waals surface area (Å²) in [4.78, 5) is 0. The van der Waals surface area contributed by atoms with Gasteiger partial charge in [-0.25, -0.2) is 0 Å². The molecule has 2 aromatic rings. The summed E-state index contributed by atoms with van der Waals surface area (Å²) in [5, 5.41) is 3.60. The molecule has 0 spiro atoms. The molecule has 0 amide bonds. The average Bonchev–Trinajstić information content (AvgIpc) is 2.95. The number of aryl methyl sites for hydroxylation is 1. The van der Waals surface area contributed by atoms with Crippen LogP contribution in [0.25, 0.3) is 0 Å². The number of rotatable bonds is 5. The summed E-state index contributed by atoms with van der Waals surface area (Å²) in [6.07, 6.45) is 2.11. The summed E-state index contributed by atoms with van der Waals surface area (Å²) in [6, 6.07) is 15.7. The van der Waals surface area contributed by atoms with E-state index in [0.717, 1.165) is 31.7 Å². The van der Waals surface area contributed by atoms with Gasteiger partial charge < -0.3 is 10.1 Å². The zero-order valence-corrected chi connectivity index (χ0v) is 12.9. The molecule has 0 radical (unpaired) electrons. The van der Waals surface area contributed by atoms with Gasteiger partial charge in [0.15, 0.2) is 0 Å². The van der Waals surface area contributed by atoms with Crippen LogP contribution in [0.5, 0.6) is 5.75 Å². The lowest BCUT2D eigenvalue weighted by atomic mass is 10.0. The number of nitrogens with one attached hydrogen (secondary N) is 1. The Hall–Kier alpha value is -1.80. The Morgan fingerprint density at radius 3 is 2.76 bits per heavy atom. The van der Waals surface area contributed by atoms with Gasteiger partial charge in [-0.3, -0.25) is 0 Å². The molecule has 1 atom stereocenters. The molecule has 21 heavy (non-hydrogen) atoms. The number of hydrogen-bond donors (Lipinski definition) is 1. The van der Waals surface area contributed by atoms with Gasteiger partial charge in [-0.2, -0.15) is 0 Å². The molecule has 110 valence electrons. The van der Waals surface area contributed by atoms with E-state index in [1.165, 1.54) is 22.3 Å². The highest BCUT2D eigenvalue weighted by Crippen LogP contribution is 2.26. The Kier molecular flexibility index (Phi) is 4.26. The van der Waals surface area contributed by atoms with E-state index in [9.17, 15) is 0 Å². The zero-order chi connectivity index (χ0) is 14.7. The van der Waals surface area contributed by atoms with Crippen molar-refractivity contribution < 1.29 is 4.74 Å². The first kappa shape index (κ1) is 14.2. The van der Waals surface area contributed by atoms with Crippen LogP contribution in [0.15, 0.2) is 42.5 Å². The number of fused-ring (bicyclic) bond motifs is 1. The van der Waals surface area contributed by atoms with E-state index in [4.69, 9.17) is 4.74 Å². The normalized spacial score (nSPS) is 14.6. The largest absolute Gasteiger partial charge is 0.493 e. The van der Waals surface area contributed by atoms with Crippen LogP contribution >= 0.6 is 0 Å². The molecule has 1 N–H and O–H groups in total. The van der Waals surface area contributed by atoms with Gasteiger partial charge >= 0.3 is 0 Å². The third-order valence-corrected chi connectivity index (χ3v) is 4.20. The summed E-state index contributed by atoms with van der Waals surface area (Å²) in [5.74, 6) is 1.07. The van der Waals surface area contributed by atoms with Crippen LogP contribution in [0.1, 0.15) is 35.2 Å². The fourth-order valence-electron chi connectivity index (χ4n) is 2.80. The standard InChI is InChI=1S/C19H23NO/c1-14-3-6-17(7-4-14)15(2)20-11-9-16-5-8-19-18(13-16)10-12-21-19/h3-8,13,15,20H,9-12H2,1-2H3. The fourth-order valence-corrected chi connectivity index (χ4v) is 2.80. The minimum Gasteiger partial charge on any atom is -0.493 e. The molecule has 2 nitrogen and oxygen atoms in total. The van der Waals surface area contributed by atoms with Crippen molar-refractivity contribution in [2.45, 2.75) is 32.7 Å². The predicted octanol–water partition coefficient (Wildman–Crippen LogP) is 3.82. The molecule has 1 aliphatic heterocycles. The van der Waals surface area contributed by atoms with Gasteiger partial charge in [0, 0.05) is 12.5 Å². The van der Waals surface area contributed by atoms with Crippen LogP contribution in [0.4, 0.5) is 0 Å². The molecule has 1 unspecified atom stereocenters. The maximum Gasteiger partial charge on any atom is 0.122 e. The Balaban J connectivity index is 1.52. The van der Waals surface area contributed by atoms with Gasteiger partial charge in [0.2, 0.25) is 0 Å². The minimum atomic E-state index is 0.392. The minimum absolute atomic E-state index is 0.392. The maximum absolute atomic E-state index is 5.55. The Labute approximate surface area is 127 Å². The van der Waals surface area contributed by atoms with Crippen LogP contribution in [0.3, 0.4) is 0 Å². The molecule has 0 bridgehead atoms. The second-order valence-corrected chi connectivity index (χ2v) is 5.88. The predicted molar refractivity (Wildman–Crippen MR) is 86.9 cm³/mol. The molecule has 0 aromatic heterocycles. The van der Waals surface area contributed by atoms with E-state index in [2.05, 4.69) is 61.6 Å². The average molecular weight is 281 g/mol. The molecular formula is C19H23NO. The van der Waals surface area contributed by atoms with E-state index >= 15 is 0 Å². The first-order chi connectivity index (χ1) is 10.2. The van der Waals surface area contributed by atoms with Gasteiger partial charge in [0.1, 0.15) is 5.75 Å². The molecule has 0 fully saturated rings. The van der Waals surface area contributed by atoms with E-state index < -0.39 is 0 Å². The van der Waals surface area contributed by atoms with E-state index in [-0.39, 0.29) is 0 Å². The highest BCUT2D eigenvalue weighted by atomic mass is 16.5.